The Labute approximate surface area is 207 Å². The van der Waals surface area contributed by atoms with E-state index in [9.17, 15) is 4.79 Å². The predicted molar refractivity (Wildman–Crippen MR) is 140 cm³/mol. The number of amides is 1. The summed E-state index contributed by atoms with van der Waals surface area (Å²) in [5, 5.41) is 1.05. The Kier molecular flexibility index (Phi) is 6.05. The second-order valence-corrected chi connectivity index (χ2v) is 9.64. The zero-order chi connectivity index (χ0) is 23.3. The number of carbonyl (C=O) groups excluding carboxylic acids is 1. The van der Waals surface area contributed by atoms with Gasteiger partial charge in [-0.15, -0.1) is 0 Å². The van der Waals surface area contributed by atoms with Crippen LogP contribution < -0.4 is 4.90 Å². The lowest BCUT2D eigenvalue weighted by Gasteiger charge is -2.16. The molecule has 1 aliphatic heterocycles. The average molecular weight is 529 g/mol. The molecule has 0 aliphatic carbocycles. The zero-order valence-corrected chi connectivity index (χ0v) is 21.7. The number of carbonyl (C=O) groups is 1. The van der Waals surface area contributed by atoms with Gasteiger partial charge in [0.2, 0.25) is 0 Å². The summed E-state index contributed by atoms with van der Waals surface area (Å²) in [5.74, 6) is -0.153. The number of benzene rings is 2. The Bertz CT molecular complexity index is 1270. The molecule has 3 aromatic rings. The van der Waals surface area contributed by atoms with E-state index in [4.69, 9.17) is 23.8 Å². The van der Waals surface area contributed by atoms with Gasteiger partial charge < -0.3 is 9.47 Å². The molecule has 1 amide bonds. The van der Waals surface area contributed by atoms with E-state index >= 15 is 0 Å². The van der Waals surface area contributed by atoms with Crippen molar-refractivity contribution in [3.05, 3.63) is 85.7 Å². The third-order valence-corrected chi connectivity index (χ3v) is 7.75. The van der Waals surface area contributed by atoms with Crippen molar-refractivity contribution in [3.8, 4) is 5.69 Å². The summed E-state index contributed by atoms with van der Waals surface area (Å²) in [4.78, 5) is 16.6. The van der Waals surface area contributed by atoms with Crippen LogP contribution in [-0.2, 0) is 4.79 Å². The molecule has 1 aliphatic rings. The minimum absolute atomic E-state index is 0.153. The monoisotopic (exact) mass is 527 g/mol. The molecule has 4 nitrogen and oxygen atoms in total. The van der Waals surface area contributed by atoms with Crippen LogP contribution >= 0.6 is 39.7 Å². The van der Waals surface area contributed by atoms with Gasteiger partial charge in [-0.25, -0.2) is 0 Å². The SMILES string of the molecule is Cc1cc(-n2c(C)cc(/C=C3/C(=O)N(c4ccc(Cl)cc4)C(=S)N3C)c2C)cc(C)c1Br. The molecule has 0 unspecified atom stereocenters. The normalized spacial score (nSPS) is 15.4. The van der Waals surface area contributed by atoms with E-state index in [0.717, 1.165) is 27.1 Å². The number of likely N-dealkylation sites (N-methyl/N-ethyl adjacent to an activating group) is 1. The van der Waals surface area contributed by atoms with Gasteiger partial charge in [0.25, 0.3) is 5.91 Å². The summed E-state index contributed by atoms with van der Waals surface area (Å²) in [6, 6.07) is 13.5. The molecule has 0 spiro atoms. The van der Waals surface area contributed by atoms with Crippen molar-refractivity contribution in [1.29, 1.82) is 0 Å². The zero-order valence-electron chi connectivity index (χ0n) is 18.5. The molecule has 1 saturated heterocycles. The molecular weight excluding hydrogens is 506 g/mol. The summed E-state index contributed by atoms with van der Waals surface area (Å²) < 4.78 is 3.34. The van der Waals surface area contributed by atoms with Gasteiger partial charge in [0.05, 0.1) is 5.69 Å². The number of nitrogens with zero attached hydrogens (tertiary/aromatic N) is 3. The van der Waals surface area contributed by atoms with Crippen LogP contribution in [0.25, 0.3) is 11.8 Å². The Morgan fingerprint density at radius 2 is 1.56 bits per heavy atom. The van der Waals surface area contributed by atoms with Gasteiger partial charge in [-0.1, -0.05) is 27.5 Å². The van der Waals surface area contributed by atoms with Gasteiger partial charge in [0.1, 0.15) is 5.70 Å². The van der Waals surface area contributed by atoms with Crippen LogP contribution in [0, 0.1) is 27.7 Å². The maximum Gasteiger partial charge on any atom is 0.281 e. The minimum atomic E-state index is -0.153. The second-order valence-electron chi connectivity index (χ2n) is 8.04. The van der Waals surface area contributed by atoms with Crippen LogP contribution in [0.15, 0.2) is 52.6 Å². The van der Waals surface area contributed by atoms with Gasteiger partial charge in [-0.2, -0.15) is 0 Å². The summed E-state index contributed by atoms with van der Waals surface area (Å²) in [5.41, 5.74) is 7.85. The third kappa shape index (κ3) is 3.81. The molecule has 0 radical (unpaired) electrons. The fraction of sp³-hybridized carbons (Fsp3) is 0.200. The van der Waals surface area contributed by atoms with Gasteiger partial charge in [0.15, 0.2) is 5.11 Å². The van der Waals surface area contributed by atoms with E-state index in [1.165, 1.54) is 16.0 Å². The summed E-state index contributed by atoms with van der Waals surface area (Å²) in [6.07, 6.45) is 1.92. The van der Waals surface area contributed by atoms with Crippen molar-refractivity contribution in [2.75, 3.05) is 11.9 Å². The molecule has 1 aromatic heterocycles. The number of hydrogen-bond donors (Lipinski definition) is 0. The van der Waals surface area contributed by atoms with E-state index in [-0.39, 0.29) is 5.91 Å². The molecule has 164 valence electrons. The van der Waals surface area contributed by atoms with Crippen molar-refractivity contribution in [2.45, 2.75) is 27.7 Å². The van der Waals surface area contributed by atoms with Crippen LogP contribution in [0.5, 0.6) is 0 Å². The number of rotatable bonds is 3. The number of aromatic nitrogens is 1. The Morgan fingerprint density at radius 3 is 2.16 bits per heavy atom. The number of aryl methyl sites for hydroxylation is 3. The topological polar surface area (TPSA) is 28.5 Å². The predicted octanol–water partition coefficient (Wildman–Crippen LogP) is 6.73. The number of anilines is 1. The van der Waals surface area contributed by atoms with Crippen molar-refractivity contribution < 1.29 is 4.79 Å². The quantitative estimate of drug-likeness (QED) is 0.279. The average Bonchev–Trinajstić information content (AvgIpc) is 3.14. The molecule has 2 aromatic carbocycles. The third-order valence-electron chi connectivity index (χ3n) is 5.79. The highest BCUT2D eigenvalue weighted by Crippen LogP contribution is 2.32. The van der Waals surface area contributed by atoms with E-state index in [1.807, 2.05) is 13.1 Å². The van der Waals surface area contributed by atoms with Gasteiger partial charge in [-0.05, 0) is 105 Å². The summed E-state index contributed by atoms with van der Waals surface area (Å²) in [7, 11) is 1.82. The second kappa shape index (κ2) is 8.50. The molecule has 1 fully saturated rings. The first kappa shape index (κ1) is 22.8. The molecular formula is C25H23BrClN3OS. The maximum absolute atomic E-state index is 13.3. The molecule has 32 heavy (non-hydrogen) atoms. The summed E-state index contributed by atoms with van der Waals surface area (Å²) >= 11 is 15.2. The maximum atomic E-state index is 13.3. The van der Waals surface area contributed by atoms with Crippen LogP contribution in [0.1, 0.15) is 28.1 Å². The largest absolute Gasteiger partial charge is 0.318 e. The van der Waals surface area contributed by atoms with Crippen LogP contribution in [-0.4, -0.2) is 27.5 Å². The lowest BCUT2D eigenvalue weighted by molar-refractivity contribution is -0.114. The molecule has 0 bridgehead atoms. The lowest BCUT2D eigenvalue weighted by atomic mass is 10.1. The number of thiocarbonyl (C=S) groups is 1. The molecule has 0 saturated carbocycles. The van der Waals surface area contributed by atoms with E-state index in [0.29, 0.717) is 21.5 Å². The van der Waals surface area contributed by atoms with Gasteiger partial charge in [-0.3, -0.25) is 9.69 Å². The molecule has 7 heteroatoms. The van der Waals surface area contributed by atoms with E-state index in [1.54, 1.807) is 29.2 Å². The highest BCUT2D eigenvalue weighted by atomic mass is 79.9. The first-order valence-corrected chi connectivity index (χ1v) is 11.7. The first-order chi connectivity index (χ1) is 15.1. The smallest absolute Gasteiger partial charge is 0.281 e. The standard InChI is InChI=1S/C25H23BrClN3OS/c1-14-10-21(11-15(2)23(14)26)29-16(3)12-18(17(29)4)13-22-24(31)30(25(32)28(22)5)20-8-6-19(27)7-9-20/h6-13H,1-5H3/b22-13-. The van der Waals surface area contributed by atoms with Crippen LogP contribution in [0.4, 0.5) is 5.69 Å². The van der Waals surface area contributed by atoms with Crippen molar-refractivity contribution in [2.24, 2.45) is 0 Å². The van der Waals surface area contributed by atoms with E-state index in [2.05, 4.69) is 66.4 Å². The molecule has 2 heterocycles. The van der Waals surface area contributed by atoms with Gasteiger partial charge >= 0.3 is 0 Å². The Hall–Kier alpha value is -2.41. The highest BCUT2D eigenvalue weighted by molar-refractivity contribution is 9.10. The minimum Gasteiger partial charge on any atom is -0.318 e. The fourth-order valence-corrected chi connectivity index (χ4v) is 4.75. The van der Waals surface area contributed by atoms with Gasteiger partial charge in [0, 0.05) is 33.6 Å². The van der Waals surface area contributed by atoms with Crippen LogP contribution in [0.3, 0.4) is 0 Å². The first-order valence-electron chi connectivity index (χ1n) is 10.2. The van der Waals surface area contributed by atoms with Crippen molar-refractivity contribution >= 4 is 62.5 Å². The number of hydrogen-bond acceptors (Lipinski definition) is 2. The Morgan fingerprint density at radius 1 is 0.969 bits per heavy atom. The lowest BCUT2D eigenvalue weighted by Crippen LogP contribution is -2.31. The van der Waals surface area contributed by atoms with E-state index < -0.39 is 0 Å². The van der Waals surface area contributed by atoms with Crippen molar-refractivity contribution in [1.82, 2.24) is 9.47 Å². The highest BCUT2D eigenvalue weighted by Gasteiger charge is 2.37. The van der Waals surface area contributed by atoms with Crippen molar-refractivity contribution in [3.63, 3.8) is 0 Å². The summed E-state index contributed by atoms with van der Waals surface area (Å²) in [6.45, 7) is 8.33. The molecule has 0 atom stereocenters. The molecule has 0 N–H and O–H groups in total. The molecule has 4 rings (SSSR count). The fourth-order valence-electron chi connectivity index (χ4n) is 4.10. The van der Waals surface area contributed by atoms with Crippen LogP contribution in [0.2, 0.25) is 5.02 Å². The number of halogens is 2. The Balaban J connectivity index is 1.76.